The minimum Gasteiger partial charge on any atom is -0.472 e. The summed E-state index contributed by atoms with van der Waals surface area (Å²) in [6, 6.07) is 1.75. The van der Waals surface area contributed by atoms with Gasteiger partial charge in [-0.25, -0.2) is 0 Å². The number of cyclic esters (lactones) is 1. The summed E-state index contributed by atoms with van der Waals surface area (Å²) < 4.78 is 21.6. The number of hydrogen-bond acceptors (Lipinski definition) is 8. The topological polar surface area (TPSA) is 109 Å². The van der Waals surface area contributed by atoms with Crippen molar-refractivity contribution in [1.29, 1.82) is 0 Å². The van der Waals surface area contributed by atoms with Crippen molar-refractivity contribution in [3.8, 4) is 0 Å². The molecule has 2 heterocycles. The van der Waals surface area contributed by atoms with Gasteiger partial charge in [-0.3, -0.25) is 19.2 Å². The fourth-order valence-corrected chi connectivity index (χ4v) is 6.68. The number of ketones is 1. The van der Waals surface area contributed by atoms with E-state index >= 15 is 0 Å². The lowest BCUT2D eigenvalue weighted by Gasteiger charge is -2.61. The summed E-state index contributed by atoms with van der Waals surface area (Å²) in [5, 5.41) is 0. The highest BCUT2D eigenvalue weighted by molar-refractivity contribution is 5.93. The zero-order chi connectivity index (χ0) is 24.0. The van der Waals surface area contributed by atoms with Crippen LogP contribution >= 0.6 is 0 Å². The third kappa shape index (κ3) is 3.77. The van der Waals surface area contributed by atoms with Gasteiger partial charge in [-0.05, 0) is 42.6 Å². The summed E-state index contributed by atoms with van der Waals surface area (Å²) >= 11 is 0. The van der Waals surface area contributed by atoms with Crippen LogP contribution in [0.25, 0.3) is 0 Å². The van der Waals surface area contributed by atoms with Gasteiger partial charge in [-0.2, -0.15) is 0 Å². The maximum Gasteiger partial charge on any atom is 0.310 e. The molecule has 0 radical (unpaired) electrons. The molecule has 2 saturated carbocycles. The quantitative estimate of drug-likeness (QED) is 0.482. The van der Waals surface area contributed by atoms with Crippen LogP contribution in [-0.2, 0) is 33.4 Å². The van der Waals surface area contributed by atoms with Crippen molar-refractivity contribution in [3.63, 3.8) is 0 Å². The smallest absolute Gasteiger partial charge is 0.310 e. The van der Waals surface area contributed by atoms with Crippen LogP contribution in [0.2, 0.25) is 0 Å². The van der Waals surface area contributed by atoms with Crippen LogP contribution in [0.1, 0.15) is 71.0 Å². The van der Waals surface area contributed by atoms with Gasteiger partial charge in [0.25, 0.3) is 0 Å². The zero-order valence-electron chi connectivity index (χ0n) is 19.6. The fourth-order valence-electron chi connectivity index (χ4n) is 6.68. The van der Waals surface area contributed by atoms with Gasteiger partial charge in [0, 0.05) is 24.3 Å². The summed E-state index contributed by atoms with van der Waals surface area (Å²) in [6.07, 6.45) is 3.81. The molecule has 2 unspecified atom stereocenters. The average Bonchev–Trinajstić information content (AvgIpc) is 3.29. The second-order valence-corrected chi connectivity index (χ2v) is 10.2. The number of Topliss-reactive ketones (excluding diaryl/α,β-unsaturated/α-hetero) is 1. The molecule has 0 aromatic carbocycles. The molecule has 0 bridgehead atoms. The van der Waals surface area contributed by atoms with E-state index in [1.807, 2.05) is 20.8 Å². The number of ether oxygens (including phenoxy) is 3. The van der Waals surface area contributed by atoms with E-state index in [-0.39, 0.29) is 24.6 Å². The Bertz CT molecular complexity index is 936. The van der Waals surface area contributed by atoms with E-state index in [9.17, 15) is 19.2 Å². The van der Waals surface area contributed by atoms with Crippen LogP contribution in [0.5, 0.6) is 0 Å². The van der Waals surface area contributed by atoms with Crippen molar-refractivity contribution in [2.75, 3.05) is 7.11 Å². The number of methoxy groups -OCH3 is 1. The number of fused-ring (bicyclic) bond motifs is 3. The number of esters is 3. The first-order valence-electron chi connectivity index (χ1n) is 11.7. The number of carbonyl (C=O) groups is 4. The molecular formula is C25H32O8. The molecule has 33 heavy (non-hydrogen) atoms. The monoisotopic (exact) mass is 460 g/mol. The molecule has 2 aliphatic carbocycles. The number of furan rings is 1. The number of rotatable bonds is 5. The second-order valence-electron chi connectivity index (χ2n) is 10.2. The molecule has 3 fully saturated rings. The van der Waals surface area contributed by atoms with Crippen molar-refractivity contribution in [2.24, 2.45) is 28.6 Å². The number of hydrogen-bond donors (Lipinski definition) is 0. The molecule has 1 saturated heterocycles. The largest absolute Gasteiger partial charge is 0.472 e. The summed E-state index contributed by atoms with van der Waals surface area (Å²) in [5.41, 5.74) is -0.764. The van der Waals surface area contributed by atoms with Crippen molar-refractivity contribution in [1.82, 2.24) is 0 Å². The SMILES string of the molecule is CCCC(=O)O[C@H]1C[C@@H](C(=O)OC)[C@]2(C)CCC3C(=O)O[C@H](c4ccoc4)C[C@]3(C)C2C1=O. The molecule has 4 rings (SSSR count). The average molecular weight is 461 g/mol. The Morgan fingerprint density at radius 3 is 2.61 bits per heavy atom. The van der Waals surface area contributed by atoms with Gasteiger partial charge in [-0.15, -0.1) is 0 Å². The maximum absolute atomic E-state index is 13.9. The molecule has 0 N–H and O–H groups in total. The normalized spacial score (nSPS) is 38.0. The Morgan fingerprint density at radius 2 is 1.97 bits per heavy atom. The van der Waals surface area contributed by atoms with Crippen molar-refractivity contribution in [2.45, 2.75) is 71.5 Å². The minimum absolute atomic E-state index is 0.102. The van der Waals surface area contributed by atoms with Crippen LogP contribution in [-0.4, -0.2) is 36.9 Å². The lowest BCUT2D eigenvalue weighted by atomic mass is 9.43. The fraction of sp³-hybridized carbons (Fsp3) is 0.680. The van der Waals surface area contributed by atoms with E-state index in [4.69, 9.17) is 18.6 Å². The lowest BCUT2D eigenvalue weighted by Crippen LogP contribution is -2.64. The van der Waals surface area contributed by atoms with Crippen molar-refractivity contribution < 1.29 is 37.8 Å². The number of carbonyl (C=O) groups excluding carboxylic acids is 4. The third-order valence-corrected chi connectivity index (χ3v) is 8.23. The summed E-state index contributed by atoms with van der Waals surface area (Å²) in [6.45, 7) is 5.74. The van der Waals surface area contributed by atoms with Crippen LogP contribution < -0.4 is 0 Å². The summed E-state index contributed by atoms with van der Waals surface area (Å²) in [7, 11) is 1.33. The van der Waals surface area contributed by atoms with Gasteiger partial charge in [0.05, 0.1) is 31.5 Å². The van der Waals surface area contributed by atoms with Crippen LogP contribution in [0.4, 0.5) is 0 Å². The van der Waals surface area contributed by atoms with Gasteiger partial charge in [-0.1, -0.05) is 20.8 Å². The standard InChI is InChI=1S/C25H32O8/c1-5-6-19(26)32-17-11-16(22(28)30-4)24(2)9-7-15-23(29)33-18(14-8-10-31-13-14)12-25(15,3)21(24)20(17)27/h8,10,13,15-18,21H,5-7,9,11-12H2,1-4H3/t15?,16-,17-,18-,21?,24-,25-/m0/s1. The lowest BCUT2D eigenvalue weighted by molar-refractivity contribution is -0.210. The Kier molecular flexibility index (Phi) is 6.14. The van der Waals surface area contributed by atoms with Gasteiger partial charge in [0.1, 0.15) is 6.10 Å². The van der Waals surface area contributed by atoms with E-state index in [2.05, 4.69) is 0 Å². The predicted octanol–water partition coefficient (Wildman–Crippen LogP) is 3.78. The minimum atomic E-state index is -1.04. The van der Waals surface area contributed by atoms with E-state index in [0.717, 1.165) is 5.56 Å². The molecule has 7 atom stereocenters. The van der Waals surface area contributed by atoms with Gasteiger partial charge in [0.2, 0.25) is 0 Å². The van der Waals surface area contributed by atoms with E-state index in [1.165, 1.54) is 13.4 Å². The summed E-state index contributed by atoms with van der Waals surface area (Å²) in [5.74, 6) is -3.19. The molecule has 0 spiro atoms. The highest BCUT2D eigenvalue weighted by Gasteiger charge is 2.67. The summed E-state index contributed by atoms with van der Waals surface area (Å²) in [4.78, 5) is 52.2. The molecule has 1 aromatic rings. The Balaban J connectivity index is 1.76. The Labute approximate surface area is 193 Å². The third-order valence-electron chi connectivity index (χ3n) is 8.23. The van der Waals surface area contributed by atoms with Crippen LogP contribution in [0, 0.1) is 28.6 Å². The van der Waals surface area contributed by atoms with Crippen molar-refractivity contribution in [3.05, 3.63) is 24.2 Å². The maximum atomic E-state index is 13.9. The predicted molar refractivity (Wildman–Crippen MR) is 115 cm³/mol. The zero-order valence-corrected chi connectivity index (χ0v) is 19.6. The molecule has 1 aliphatic heterocycles. The van der Waals surface area contributed by atoms with Crippen LogP contribution in [0.3, 0.4) is 0 Å². The van der Waals surface area contributed by atoms with Crippen molar-refractivity contribution >= 4 is 23.7 Å². The van der Waals surface area contributed by atoms with Gasteiger partial charge in [0.15, 0.2) is 11.9 Å². The second kappa shape index (κ2) is 8.61. The van der Waals surface area contributed by atoms with Gasteiger partial charge >= 0.3 is 17.9 Å². The first-order chi connectivity index (χ1) is 15.7. The first-order valence-corrected chi connectivity index (χ1v) is 11.7. The Morgan fingerprint density at radius 1 is 1.21 bits per heavy atom. The van der Waals surface area contributed by atoms with E-state index in [1.54, 1.807) is 12.3 Å². The highest BCUT2D eigenvalue weighted by Crippen LogP contribution is 2.65. The molecule has 8 nitrogen and oxygen atoms in total. The molecule has 0 amide bonds. The first kappa shape index (κ1) is 23.5. The van der Waals surface area contributed by atoms with Crippen LogP contribution in [0.15, 0.2) is 23.0 Å². The molecule has 3 aliphatic rings. The molecule has 8 heteroatoms. The highest BCUT2D eigenvalue weighted by atomic mass is 16.6. The molecule has 180 valence electrons. The molecular weight excluding hydrogens is 428 g/mol. The van der Waals surface area contributed by atoms with Gasteiger partial charge < -0.3 is 18.6 Å². The van der Waals surface area contributed by atoms with E-state index < -0.39 is 52.7 Å². The Hall–Kier alpha value is -2.64. The van der Waals surface area contributed by atoms with E-state index in [0.29, 0.717) is 25.7 Å². The molecule has 1 aromatic heterocycles.